The molecule has 0 spiro atoms. The minimum Gasteiger partial charge on any atom is -0.371 e. The van der Waals surface area contributed by atoms with Gasteiger partial charge in [-0.2, -0.15) is 0 Å². The third-order valence-electron chi connectivity index (χ3n) is 1.75. The Bertz CT molecular complexity index is 172. The van der Waals surface area contributed by atoms with E-state index < -0.39 is 25.2 Å². The summed E-state index contributed by atoms with van der Waals surface area (Å²) in [6.45, 7) is -0.627. The summed E-state index contributed by atoms with van der Waals surface area (Å²) in [5, 5.41) is 0. The predicted octanol–water partition coefficient (Wildman–Crippen LogP) is 0.624. The first-order valence-electron chi connectivity index (χ1n) is 3.60. The van der Waals surface area contributed by atoms with Gasteiger partial charge in [-0.1, -0.05) is 0 Å². The van der Waals surface area contributed by atoms with Crippen molar-refractivity contribution in [3.05, 3.63) is 0 Å². The van der Waals surface area contributed by atoms with Crippen molar-refractivity contribution in [1.82, 2.24) is 0 Å². The van der Waals surface area contributed by atoms with Gasteiger partial charge >= 0.3 is 0 Å². The van der Waals surface area contributed by atoms with E-state index in [0.717, 1.165) is 0 Å². The van der Waals surface area contributed by atoms with Gasteiger partial charge in [-0.3, -0.25) is 4.79 Å². The van der Waals surface area contributed by atoms with Gasteiger partial charge in [0.1, 0.15) is 12.7 Å². The number of ketones is 1. The van der Waals surface area contributed by atoms with Crippen molar-refractivity contribution >= 4 is 5.78 Å². The van der Waals surface area contributed by atoms with Gasteiger partial charge in [0.25, 0.3) is 6.43 Å². The molecule has 1 aliphatic rings. The van der Waals surface area contributed by atoms with Gasteiger partial charge in [0, 0.05) is 13.5 Å². The van der Waals surface area contributed by atoms with Crippen molar-refractivity contribution in [1.29, 1.82) is 0 Å². The molecule has 70 valence electrons. The van der Waals surface area contributed by atoms with Crippen LogP contribution in [-0.4, -0.2) is 38.1 Å². The fraction of sp³-hybridized carbons (Fsp3) is 0.857. The van der Waals surface area contributed by atoms with Crippen LogP contribution in [0.3, 0.4) is 0 Å². The highest BCUT2D eigenvalue weighted by molar-refractivity contribution is 5.90. The van der Waals surface area contributed by atoms with Crippen LogP contribution in [0.25, 0.3) is 0 Å². The van der Waals surface area contributed by atoms with Gasteiger partial charge < -0.3 is 9.47 Å². The molecule has 0 saturated heterocycles. The molecule has 12 heavy (non-hydrogen) atoms. The van der Waals surface area contributed by atoms with Crippen LogP contribution in [0.2, 0.25) is 0 Å². The maximum Gasteiger partial charge on any atom is 0.261 e. The van der Waals surface area contributed by atoms with Gasteiger partial charge in [-0.15, -0.1) is 0 Å². The van der Waals surface area contributed by atoms with Crippen LogP contribution in [0.15, 0.2) is 0 Å². The number of methoxy groups -OCH3 is 1. The van der Waals surface area contributed by atoms with E-state index in [1.54, 1.807) is 0 Å². The number of Topliss-reactive ketones (excluding diaryl/α,β-unsaturated/α-hetero) is 1. The molecule has 0 N–H and O–H groups in total. The highest BCUT2D eigenvalue weighted by Gasteiger charge is 2.41. The number of carbonyl (C=O) groups is 1. The van der Waals surface area contributed by atoms with Crippen LogP contribution >= 0.6 is 0 Å². The first-order valence-corrected chi connectivity index (χ1v) is 3.60. The van der Waals surface area contributed by atoms with E-state index in [1.165, 1.54) is 7.11 Å². The van der Waals surface area contributed by atoms with Gasteiger partial charge in [0.15, 0.2) is 5.78 Å². The minimum atomic E-state index is -2.49. The highest BCUT2D eigenvalue weighted by atomic mass is 19.3. The molecular weight excluding hydrogens is 170 g/mol. The third kappa shape index (κ3) is 1.98. The molecule has 2 atom stereocenters. The molecular formula is C7H10F2O3. The Kier molecular flexibility index (Phi) is 3.11. The van der Waals surface area contributed by atoms with E-state index in [4.69, 9.17) is 9.47 Å². The van der Waals surface area contributed by atoms with E-state index >= 15 is 0 Å². The standard InChI is InChI=1S/C7H10F2O3/c1-11-7-4(10)2-5(7)12-3-6(8)9/h5-7H,2-3H2,1H3. The number of halogens is 2. The van der Waals surface area contributed by atoms with Crippen LogP contribution in [-0.2, 0) is 14.3 Å². The third-order valence-corrected chi connectivity index (χ3v) is 1.75. The topological polar surface area (TPSA) is 35.5 Å². The number of alkyl halides is 2. The van der Waals surface area contributed by atoms with Crippen LogP contribution in [0.5, 0.6) is 0 Å². The number of rotatable bonds is 4. The number of ether oxygens (including phenoxy) is 2. The summed E-state index contributed by atoms with van der Waals surface area (Å²) in [6.07, 6.45) is -3.41. The lowest BCUT2D eigenvalue weighted by atomic mass is 9.90. The zero-order chi connectivity index (χ0) is 9.14. The molecule has 3 nitrogen and oxygen atoms in total. The second-order valence-corrected chi connectivity index (χ2v) is 2.59. The fourth-order valence-corrected chi connectivity index (χ4v) is 1.09. The Balaban J connectivity index is 2.22. The number of hydrogen-bond donors (Lipinski definition) is 0. The summed E-state index contributed by atoms with van der Waals surface area (Å²) in [5.41, 5.74) is 0. The molecule has 5 heteroatoms. The lowest BCUT2D eigenvalue weighted by molar-refractivity contribution is -0.166. The van der Waals surface area contributed by atoms with E-state index in [0.29, 0.717) is 0 Å². The zero-order valence-electron chi connectivity index (χ0n) is 6.63. The molecule has 0 bridgehead atoms. The summed E-state index contributed by atoms with van der Waals surface area (Å²) < 4.78 is 32.7. The molecule has 0 aromatic rings. The van der Waals surface area contributed by atoms with E-state index in [1.807, 2.05) is 0 Å². The Hall–Kier alpha value is -0.550. The van der Waals surface area contributed by atoms with Crippen molar-refractivity contribution in [2.75, 3.05) is 13.7 Å². The van der Waals surface area contributed by atoms with Crippen molar-refractivity contribution in [2.45, 2.75) is 25.1 Å². The Morgan fingerprint density at radius 3 is 2.75 bits per heavy atom. The first kappa shape index (κ1) is 9.54. The monoisotopic (exact) mass is 180 g/mol. The quantitative estimate of drug-likeness (QED) is 0.636. The number of carbonyl (C=O) groups excluding carboxylic acids is 1. The van der Waals surface area contributed by atoms with Gasteiger partial charge in [-0.05, 0) is 0 Å². The molecule has 0 heterocycles. The van der Waals surface area contributed by atoms with Crippen molar-refractivity contribution in [2.24, 2.45) is 0 Å². The average molecular weight is 180 g/mol. The Labute approximate surface area is 68.6 Å². The summed E-state index contributed by atoms with van der Waals surface area (Å²) >= 11 is 0. The second-order valence-electron chi connectivity index (χ2n) is 2.59. The normalized spacial score (nSPS) is 29.2. The van der Waals surface area contributed by atoms with Crippen LogP contribution in [0.1, 0.15) is 6.42 Å². The van der Waals surface area contributed by atoms with Crippen LogP contribution < -0.4 is 0 Å². The predicted molar refractivity (Wildman–Crippen MR) is 36.2 cm³/mol. The summed E-state index contributed by atoms with van der Waals surface area (Å²) in [5.74, 6) is -0.0863. The Morgan fingerprint density at radius 2 is 2.33 bits per heavy atom. The smallest absolute Gasteiger partial charge is 0.261 e. The summed E-state index contributed by atoms with van der Waals surface area (Å²) in [7, 11) is 1.36. The largest absolute Gasteiger partial charge is 0.371 e. The average Bonchev–Trinajstić information content (AvgIpc) is 1.97. The van der Waals surface area contributed by atoms with Crippen molar-refractivity contribution < 1.29 is 23.0 Å². The van der Waals surface area contributed by atoms with Gasteiger partial charge in [-0.25, -0.2) is 8.78 Å². The summed E-state index contributed by atoms with van der Waals surface area (Å²) in [4.78, 5) is 10.7. The van der Waals surface area contributed by atoms with Crippen LogP contribution in [0.4, 0.5) is 8.78 Å². The molecule has 1 aliphatic carbocycles. The van der Waals surface area contributed by atoms with Crippen LogP contribution in [0, 0.1) is 0 Å². The number of hydrogen-bond acceptors (Lipinski definition) is 3. The lowest BCUT2D eigenvalue weighted by Gasteiger charge is -2.33. The molecule has 0 aliphatic heterocycles. The van der Waals surface area contributed by atoms with E-state index in [9.17, 15) is 13.6 Å². The molecule has 0 aromatic heterocycles. The molecule has 0 radical (unpaired) electrons. The van der Waals surface area contributed by atoms with Gasteiger partial charge in [0.2, 0.25) is 0 Å². The molecule has 1 rings (SSSR count). The van der Waals surface area contributed by atoms with E-state index in [2.05, 4.69) is 0 Å². The zero-order valence-corrected chi connectivity index (χ0v) is 6.63. The molecule has 1 fully saturated rings. The SMILES string of the molecule is COC1C(=O)CC1OCC(F)F. The maximum atomic E-state index is 11.6. The first-order chi connectivity index (χ1) is 5.65. The minimum absolute atomic E-state index is 0.0863. The molecule has 0 amide bonds. The van der Waals surface area contributed by atoms with Crippen molar-refractivity contribution in [3.8, 4) is 0 Å². The Morgan fingerprint density at radius 1 is 1.67 bits per heavy atom. The van der Waals surface area contributed by atoms with E-state index in [-0.39, 0.29) is 12.2 Å². The maximum absolute atomic E-state index is 11.6. The van der Waals surface area contributed by atoms with Crippen molar-refractivity contribution in [3.63, 3.8) is 0 Å². The second kappa shape index (κ2) is 3.91. The highest BCUT2D eigenvalue weighted by Crippen LogP contribution is 2.22. The lowest BCUT2D eigenvalue weighted by Crippen LogP contribution is -2.50. The summed E-state index contributed by atoms with van der Waals surface area (Å²) in [6, 6.07) is 0. The molecule has 1 saturated carbocycles. The molecule has 0 aromatic carbocycles. The fourth-order valence-electron chi connectivity index (χ4n) is 1.09. The molecule has 2 unspecified atom stereocenters. The van der Waals surface area contributed by atoms with Gasteiger partial charge in [0.05, 0.1) is 6.10 Å².